The molecule has 0 aromatic heterocycles. The third-order valence-electron chi connectivity index (χ3n) is 2.84. The molecule has 0 radical (unpaired) electrons. The fourth-order valence-electron chi connectivity index (χ4n) is 1.87. The highest BCUT2D eigenvalue weighted by atomic mass is 32.2. The number of sulfonamides is 1. The minimum atomic E-state index is -3.69. The van der Waals surface area contributed by atoms with Crippen LogP contribution in [0.3, 0.4) is 0 Å². The van der Waals surface area contributed by atoms with Crippen molar-refractivity contribution in [1.82, 2.24) is 4.72 Å². The van der Waals surface area contributed by atoms with Gasteiger partial charge in [-0.2, -0.15) is 0 Å². The average molecular weight is 274 g/mol. The van der Waals surface area contributed by atoms with Gasteiger partial charge in [-0.1, -0.05) is 0 Å². The number of hydrogen-bond acceptors (Lipinski definition) is 4. The van der Waals surface area contributed by atoms with Gasteiger partial charge in [0, 0.05) is 12.6 Å². The van der Waals surface area contributed by atoms with Crippen LogP contribution in [0.4, 0.5) is 10.1 Å². The first kappa shape index (κ1) is 13.3. The molecule has 1 aliphatic rings. The van der Waals surface area contributed by atoms with Crippen LogP contribution in [-0.2, 0) is 14.8 Å². The molecular formula is C11H15FN2O3S. The molecule has 1 aliphatic heterocycles. The number of hydrogen-bond donors (Lipinski definition) is 2. The minimum Gasteiger partial charge on any atom is -0.396 e. The summed E-state index contributed by atoms with van der Waals surface area (Å²) in [6, 6.07) is 2.03. The molecule has 1 saturated heterocycles. The Hall–Kier alpha value is -1.18. The van der Waals surface area contributed by atoms with Crippen LogP contribution in [0, 0.1) is 12.7 Å². The number of halogens is 1. The Bertz CT molecular complexity index is 554. The second-order valence-corrected chi connectivity index (χ2v) is 6.00. The largest absolute Gasteiger partial charge is 0.396 e. The maximum atomic E-state index is 13.2. The molecule has 18 heavy (non-hydrogen) atoms. The number of benzene rings is 1. The normalized spacial score (nSPS) is 20.2. The third kappa shape index (κ3) is 2.63. The van der Waals surface area contributed by atoms with Gasteiger partial charge in [-0.3, -0.25) is 0 Å². The summed E-state index contributed by atoms with van der Waals surface area (Å²) in [5.41, 5.74) is 5.55. The van der Waals surface area contributed by atoms with Crippen molar-refractivity contribution in [3.8, 4) is 0 Å². The summed E-state index contributed by atoms with van der Waals surface area (Å²) in [7, 11) is -3.69. The van der Waals surface area contributed by atoms with Gasteiger partial charge in [0.2, 0.25) is 10.0 Å². The van der Waals surface area contributed by atoms with Gasteiger partial charge >= 0.3 is 0 Å². The van der Waals surface area contributed by atoms with E-state index in [1.54, 1.807) is 0 Å². The van der Waals surface area contributed by atoms with Gasteiger partial charge in [0.15, 0.2) is 0 Å². The molecule has 1 atom stereocenters. The summed E-state index contributed by atoms with van der Waals surface area (Å²) in [5, 5.41) is 0. The zero-order chi connectivity index (χ0) is 13.3. The van der Waals surface area contributed by atoms with Crippen LogP contribution in [-0.4, -0.2) is 27.7 Å². The molecule has 1 aromatic carbocycles. The fourth-order valence-corrected chi connectivity index (χ4v) is 3.39. The van der Waals surface area contributed by atoms with Crippen LogP contribution in [0.15, 0.2) is 17.0 Å². The smallest absolute Gasteiger partial charge is 0.241 e. The van der Waals surface area contributed by atoms with Crippen molar-refractivity contribution < 1.29 is 17.5 Å². The monoisotopic (exact) mass is 274 g/mol. The van der Waals surface area contributed by atoms with Crippen LogP contribution < -0.4 is 10.5 Å². The summed E-state index contributed by atoms with van der Waals surface area (Å²) in [4.78, 5) is 0.00769. The van der Waals surface area contributed by atoms with E-state index in [2.05, 4.69) is 4.72 Å². The lowest BCUT2D eigenvalue weighted by molar-refractivity contribution is 0.192. The lowest BCUT2D eigenvalue weighted by Crippen LogP contribution is -2.35. The van der Waals surface area contributed by atoms with Crippen molar-refractivity contribution in [1.29, 1.82) is 0 Å². The van der Waals surface area contributed by atoms with Crippen molar-refractivity contribution in [2.75, 3.05) is 18.9 Å². The van der Waals surface area contributed by atoms with Gasteiger partial charge in [-0.15, -0.1) is 0 Å². The molecule has 0 saturated carbocycles. The SMILES string of the molecule is Cc1cc(F)c(N)cc1S(=O)(=O)NC1CCOC1. The zero-order valence-corrected chi connectivity index (χ0v) is 10.8. The predicted octanol–water partition coefficient (Wildman–Crippen LogP) is 0.784. The van der Waals surface area contributed by atoms with E-state index in [1.165, 1.54) is 6.92 Å². The van der Waals surface area contributed by atoms with Crippen LogP contribution in [0.1, 0.15) is 12.0 Å². The summed E-state index contributed by atoms with van der Waals surface area (Å²) in [6.07, 6.45) is 0.634. The molecule has 100 valence electrons. The Morgan fingerprint density at radius 1 is 1.50 bits per heavy atom. The first-order chi connectivity index (χ1) is 8.40. The van der Waals surface area contributed by atoms with Crippen LogP contribution in [0.25, 0.3) is 0 Å². The quantitative estimate of drug-likeness (QED) is 0.798. The number of rotatable bonds is 3. The molecule has 1 heterocycles. The van der Waals surface area contributed by atoms with E-state index in [1.807, 2.05) is 0 Å². The maximum Gasteiger partial charge on any atom is 0.241 e. The highest BCUT2D eigenvalue weighted by molar-refractivity contribution is 7.89. The van der Waals surface area contributed by atoms with Crippen molar-refractivity contribution >= 4 is 15.7 Å². The lowest BCUT2D eigenvalue weighted by atomic mass is 10.2. The number of nitrogens with one attached hydrogen (secondary N) is 1. The molecule has 0 amide bonds. The van der Waals surface area contributed by atoms with Crippen molar-refractivity contribution in [2.24, 2.45) is 0 Å². The predicted molar refractivity (Wildman–Crippen MR) is 65.1 cm³/mol. The summed E-state index contributed by atoms with van der Waals surface area (Å²) in [6.45, 7) is 2.43. The van der Waals surface area contributed by atoms with Gasteiger partial charge in [0.25, 0.3) is 0 Å². The van der Waals surface area contributed by atoms with E-state index in [4.69, 9.17) is 10.5 Å². The van der Waals surface area contributed by atoms with Gasteiger partial charge < -0.3 is 10.5 Å². The van der Waals surface area contributed by atoms with Gasteiger partial charge in [0.1, 0.15) is 5.82 Å². The molecule has 0 aliphatic carbocycles. The molecular weight excluding hydrogens is 259 g/mol. The molecule has 1 fully saturated rings. The number of nitrogens with two attached hydrogens (primary N) is 1. The molecule has 7 heteroatoms. The number of nitrogen functional groups attached to an aromatic ring is 1. The second-order valence-electron chi connectivity index (χ2n) is 4.32. The molecule has 0 spiro atoms. The van der Waals surface area contributed by atoms with E-state index < -0.39 is 15.8 Å². The number of aryl methyl sites for hydroxylation is 1. The van der Waals surface area contributed by atoms with Gasteiger partial charge in [-0.25, -0.2) is 17.5 Å². The molecule has 2 rings (SSSR count). The van der Waals surface area contributed by atoms with Crippen LogP contribution >= 0.6 is 0 Å². The third-order valence-corrected chi connectivity index (χ3v) is 4.50. The summed E-state index contributed by atoms with van der Waals surface area (Å²) < 4.78 is 45.1. The topological polar surface area (TPSA) is 81.4 Å². The Morgan fingerprint density at radius 3 is 2.83 bits per heavy atom. The van der Waals surface area contributed by atoms with E-state index in [9.17, 15) is 12.8 Å². The number of ether oxygens (including phenoxy) is 1. The highest BCUT2D eigenvalue weighted by Crippen LogP contribution is 2.22. The molecule has 5 nitrogen and oxygen atoms in total. The van der Waals surface area contributed by atoms with E-state index in [-0.39, 0.29) is 16.6 Å². The van der Waals surface area contributed by atoms with Gasteiger partial charge in [-0.05, 0) is 31.0 Å². The lowest BCUT2D eigenvalue weighted by Gasteiger charge is -2.13. The van der Waals surface area contributed by atoms with Gasteiger partial charge in [0.05, 0.1) is 17.2 Å². The zero-order valence-electron chi connectivity index (χ0n) is 9.94. The minimum absolute atomic E-state index is 0.00769. The Balaban J connectivity index is 2.31. The van der Waals surface area contributed by atoms with E-state index in [0.29, 0.717) is 25.2 Å². The van der Waals surface area contributed by atoms with Crippen molar-refractivity contribution in [3.63, 3.8) is 0 Å². The highest BCUT2D eigenvalue weighted by Gasteiger charge is 2.25. The van der Waals surface area contributed by atoms with Crippen molar-refractivity contribution in [2.45, 2.75) is 24.3 Å². The molecule has 3 N–H and O–H groups in total. The molecule has 1 aromatic rings. The molecule has 0 bridgehead atoms. The van der Waals surface area contributed by atoms with E-state index >= 15 is 0 Å². The Kier molecular flexibility index (Phi) is 3.56. The van der Waals surface area contributed by atoms with Crippen LogP contribution in [0.2, 0.25) is 0 Å². The van der Waals surface area contributed by atoms with Crippen LogP contribution in [0.5, 0.6) is 0 Å². The maximum absolute atomic E-state index is 13.2. The standard InChI is InChI=1S/C11H15FN2O3S/c1-7-4-9(12)10(13)5-11(7)18(15,16)14-8-2-3-17-6-8/h4-5,8,14H,2-3,6,13H2,1H3. The first-order valence-corrected chi connectivity index (χ1v) is 7.04. The second kappa shape index (κ2) is 4.83. The number of anilines is 1. The van der Waals surface area contributed by atoms with Crippen molar-refractivity contribution in [3.05, 3.63) is 23.5 Å². The summed E-state index contributed by atoms with van der Waals surface area (Å²) in [5.74, 6) is -0.615. The fraction of sp³-hybridized carbons (Fsp3) is 0.455. The average Bonchev–Trinajstić information content (AvgIpc) is 2.75. The Morgan fingerprint density at radius 2 is 2.22 bits per heavy atom. The van der Waals surface area contributed by atoms with E-state index in [0.717, 1.165) is 12.1 Å². The Labute approximate surface area is 105 Å². The summed E-state index contributed by atoms with van der Waals surface area (Å²) >= 11 is 0. The molecule has 1 unspecified atom stereocenters. The first-order valence-electron chi connectivity index (χ1n) is 5.56.